The number of aliphatic imine (C=N–C) groups is 1. The van der Waals surface area contributed by atoms with E-state index in [1.807, 2.05) is 19.1 Å². The molecule has 2 heterocycles. The Bertz CT molecular complexity index is 537. The third-order valence-electron chi connectivity index (χ3n) is 4.13. The number of nitrogens with zero attached hydrogens (tertiary/aromatic N) is 3. The first-order valence-corrected chi connectivity index (χ1v) is 7.99. The van der Waals surface area contributed by atoms with Crippen molar-refractivity contribution in [3.05, 3.63) is 23.9 Å². The molecule has 0 aromatic carbocycles. The van der Waals surface area contributed by atoms with Crippen LogP contribution in [0.15, 0.2) is 23.3 Å². The molecule has 1 atom stereocenters. The second-order valence-electron chi connectivity index (χ2n) is 5.97. The molecule has 2 aliphatic rings. The van der Waals surface area contributed by atoms with Crippen molar-refractivity contribution in [2.75, 3.05) is 19.7 Å². The number of aromatic nitrogens is 1. The summed E-state index contributed by atoms with van der Waals surface area (Å²) in [6, 6.07) is 3.91. The minimum Gasteiger partial charge on any atom is -0.474 e. The number of guanidine groups is 1. The van der Waals surface area contributed by atoms with Gasteiger partial charge in [0.25, 0.3) is 0 Å². The van der Waals surface area contributed by atoms with Crippen LogP contribution in [-0.2, 0) is 11.3 Å². The van der Waals surface area contributed by atoms with Gasteiger partial charge >= 0.3 is 0 Å². The Morgan fingerprint density at radius 1 is 1.52 bits per heavy atom. The van der Waals surface area contributed by atoms with E-state index in [0.717, 1.165) is 31.5 Å². The summed E-state index contributed by atoms with van der Waals surface area (Å²) >= 11 is 0. The van der Waals surface area contributed by atoms with Crippen molar-refractivity contribution < 1.29 is 9.47 Å². The first-order chi connectivity index (χ1) is 10.7. The zero-order chi connectivity index (χ0) is 15.4. The molecule has 0 amide bonds. The number of hydrogen-bond acceptors (Lipinski definition) is 4. The molecule has 6 nitrogen and oxygen atoms in total. The van der Waals surface area contributed by atoms with E-state index in [-0.39, 0.29) is 30.1 Å². The monoisotopic (exact) mass is 432 g/mol. The molecule has 3 rings (SSSR count). The Balaban J connectivity index is 0.00000192. The van der Waals surface area contributed by atoms with E-state index in [2.05, 4.69) is 14.9 Å². The highest BCUT2D eigenvalue weighted by Crippen LogP contribution is 2.24. The summed E-state index contributed by atoms with van der Waals surface area (Å²) in [6.07, 6.45) is 5.82. The topological polar surface area (TPSA) is 73.0 Å². The van der Waals surface area contributed by atoms with Crippen LogP contribution >= 0.6 is 24.0 Å². The number of halogens is 1. The third kappa shape index (κ3) is 5.20. The van der Waals surface area contributed by atoms with Crippen LogP contribution < -0.4 is 10.5 Å². The fourth-order valence-corrected chi connectivity index (χ4v) is 2.57. The van der Waals surface area contributed by atoms with E-state index in [1.54, 1.807) is 6.20 Å². The lowest BCUT2D eigenvalue weighted by Gasteiger charge is -2.31. The van der Waals surface area contributed by atoms with Gasteiger partial charge in [-0.2, -0.15) is 0 Å². The minimum absolute atomic E-state index is 0. The van der Waals surface area contributed by atoms with Crippen LogP contribution in [0, 0.1) is 0 Å². The average Bonchev–Trinajstić information content (AvgIpc) is 2.49. The fourth-order valence-electron chi connectivity index (χ4n) is 2.57. The summed E-state index contributed by atoms with van der Waals surface area (Å²) in [4.78, 5) is 10.8. The maximum Gasteiger partial charge on any atom is 0.213 e. The van der Waals surface area contributed by atoms with Gasteiger partial charge < -0.3 is 20.1 Å². The molecule has 1 aliphatic heterocycles. The quantitative estimate of drug-likeness (QED) is 0.449. The number of pyridine rings is 1. The van der Waals surface area contributed by atoms with Gasteiger partial charge in [-0.05, 0) is 37.8 Å². The molecule has 128 valence electrons. The van der Waals surface area contributed by atoms with E-state index < -0.39 is 0 Å². The van der Waals surface area contributed by atoms with Gasteiger partial charge in [0.15, 0.2) is 5.96 Å². The van der Waals surface area contributed by atoms with Crippen LogP contribution in [-0.4, -0.2) is 47.7 Å². The van der Waals surface area contributed by atoms with Gasteiger partial charge in [0.05, 0.1) is 19.3 Å². The molecular weight excluding hydrogens is 407 g/mol. The number of rotatable bonds is 4. The highest BCUT2D eigenvalue weighted by atomic mass is 127. The van der Waals surface area contributed by atoms with Crippen LogP contribution in [0.3, 0.4) is 0 Å². The van der Waals surface area contributed by atoms with E-state index >= 15 is 0 Å². The van der Waals surface area contributed by atoms with Gasteiger partial charge in [-0.1, -0.05) is 0 Å². The van der Waals surface area contributed by atoms with E-state index in [4.69, 9.17) is 15.2 Å². The van der Waals surface area contributed by atoms with Gasteiger partial charge in [-0.25, -0.2) is 9.98 Å². The van der Waals surface area contributed by atoms with Crippen LogP contribution in [0.25, 0.3) is 0 Å². The van der Waals surface area contributed by atoms with Crippen LogP contribution in [0.2, 0.25) is 0 Å². The predicted octanol–water partition coefficient (Wildman–Crippen LogP) is 2.17. The second-order valence-corrected chi connectivity index (χ2v) is 5.97. The van der Waals surface area contributed by atoms with E-state index in [9.17, 15) is 0 Å². The van der Waals surface area contributed by atoms with Crippen molar-refractivity contribution >= 4 is 29.9 Å². The molecule has 7 heteroatoms. The Labute approximate surface area is 154 Å². The molecule has 2 N–H and O–H groups in total. The molecule has 1 unspecified atom stereocenters. The first kappa shape index (κ1) is 18.3. The molecule has 1 aromatic heterocycles. The molecule has 0 bridgehead atoms. The van der Waals surface area contributed by atoms with Crippen molar-refractivity contribution in [2.45, 2.75) is 44.9 Å². The number of nitrogens with two attached hydrogens (primary N) is 1. The summed E-state index contributed by atoms with van der Waals surface area (Å²) in [7, 11) is 0. The molecule has 1 saturated heterocycles. The van der Waals surface area contributed by atoms with Crippen molar-refractivity contribution in [1.82, 2.24) is 9.88 Å². The zero-order valence-electron chi connectivity index (χ0n) is 13.5. The normalized spacial score (nSPS) is 22.2. The fraction of sp³-hybridized carbons (Fsp3) is 0.625. The molecule has 0 spiro atoms. The number of ether oxygens (including phenoxy) is 2. The number of morpholine rings is 1. The standard InChI is InChI=1S/C16H24N4O2.HI/c1-12-11-20(7-8-21-12)16(17)19-10-13-5-6-18-15(9-13)22-14-3-2-4-14;/h5-6,9,12,14H,2-4,7-8,10-11H2,1H3,(H2,17,19);1H. The van der Waals surface area contributed by atoms with Crippen LogP contribution in [0.1, 0.15) is 31.7 Å². The smallest absolute Gasteiger partial charge is 0.213 e. The van der Waals surface area contributed by atoms with Crippen LogP contribution in [0.4, 0.5) is 0 Å². The van der Waals surface area contributed by atoms with Gasteiger partial charge in [-0.15, -0.1) is 24.0 Å². The highest BCUT2D eigenvalue weighted by molar-refractivity contribution is 14.0. The molecular formula is C16H25IN4O2. The molecule has 0 radical (unpaired) electrons. The molecule has 1 aromatic rings. The lowest BCUT2D eigenvalue weighted by Crippen LogP contribution is -2.47. The highest BCUT2D eigenvalue weighted by Gasteiger charge is 2.20. The lowest BCUT2D eigenvalue weighted by atomic mass is 9.96. The number of hydrogen-bond donors (Lipinski definition) is 1. The lowest BCUT2D eigenvalue weighted by molar-refractivity contribution is 0.00529. The molecule has 1 saturated carbocycles. The summed E-state index contributed by atoms with van der Waals surface area (Å²) in [6.45, 7) is 4.88. The molecule has 1 aliphatic carbocycles. The average molecular weight is 432 g/mol. The second kappa shape index (κ2) is 8.68. The van der Waals surface area contributed by atoms with Gasteiger partial charge in [0, 0.05) is 25.4 Å². The van der Waals surface area contributed by atoms with Gasteiger partial charge in [-0.3, -0.25) is 0 Å². The predicted molar refractivity (Wildman–Crippen MR) is 100 cm³/mol. The summed E-state index contributed by atoms with van der Waals surface area (Å²) in [5.74, 6) is 1.27. The Morgan fingerprint density at radius 3 is 3.04 bits per heavy atom. The Morgan fingerprint density at radius 2 is 2.35 bits per heavy atom. The van der Waals surface area contributed by atoms with Crippen molar-refractivity contribution in [2.24, 2.45) is 10.7 Å². The van der Waals surface area contributed by atoms with Crippen molar-refractivity contribution in [3.63, 3.8) is 0 Å². The minimum atomic E-state index is 0. The maximum atomic E-state index is 6.08. The Hall–Kier alpha value is -1.09. The largest absolute Gasteiger partial charge is 0.474 e. The van der Waals surface area contributed by atoms with Crippen molar-refractivity contribution in [1.29, 1.82) is 0 Å². The van der Waals surface area contributed by atoms with Gasteiger partial charge in [0.2, 0.25) is 5.88 Å². The van der Waals surface area contributed by atoms with Crippen LogP contribution in [0.5, 0.6) is 5.88 Å². The van der Waals surface area contributed by atoms with Crippen molar-refractivity contribution in [3.8, 4) is 5.88 Å². The Kier molecular flexibility index (Phi) is 6.88. The summed E-state index contributed by atoms with van der Waals surface area (Å²) in [5.41, 5.74) is 7.14. The molecule has 23 heavy (non-hydrogen) atoms. The SMILES string of the molecule is CC1CN(C(N)=NCc2ccnc(OC3CCC3)c2)CCO1.I. The summed E-state index contributed by atoms with van der Waals surface area (Å²) in [5, 5.41) is 0. The van der Waals surface area contributed by atoms with E-state index in [0.29, 0.717) is 31.1 Å². The summed E-state index contributed by atoms with van der Waals surface area (Å²) < 4.78 is 11.3. The van der Waals surface area contributed by atoms with E-state index in [1.165, 1.54) is 6.42 Å². The van der Waals surface area contributed by atoms with Gasteiger partial charge in [0.1, 0.15) is 6.10 Å². The first-order valence-electron chi connectivity index (χ1n) is 7.99. The molecule has 2 fully saturated rings. The third-order valence-corrected chi connectivity index (χ3v) is 4.13. The maximum absolute atomic E-state index is 6.08. The zero-order valence-corrected chi connectivity index (χ0v) is 15.8.